The molecule has 0 aliphatic carbocycles. The molecule has 1 aromatic carbocycles. The highest BCUT2D eigenvalue weighted by molar-refractivity contribution is 7.80. The molecule has 0 saturated carbocycles. The summed E-state index contributed by atoms with van der Waals surface area (Å²) in [5.41, 5.74) is 1.55. The lowest BCUT2D eigenvalue weighted by atomic mass is 9.81. The van der Waals surface area contributed by atoms with E-state index < -0.39 is 0 Å². The van der Waals surface area contributed by atoms with Gasteiger partial charge in [0.15, 0.2) is 0 Å². The lowest BCUT2D eigenvalue weighted by molar-refractivity contribution is 0.00633. The van der Waals surface area contributed by atoms with Gasteiger partial charge in [-0.15, -0.1) is 0 Å². The first kappa shape index (κ1) is 16.2. The molecule has 1 fully saturated rings. The number of hydrogen-bond donors (Lipinski definition) is 1. The molecule has 20 heavy (non-hydrogen) atoms. The number of halogens is 1. The summed E-state index contributed by atoms with van der Waals surface area (Å²) in [5.74, 6) is 0.920. The van der Waals surface area contributed by atoms with Gasteiger partial charge in [0, 0.05) is 30.8 Å². The first-order valence-corrected chi connectivity index (χ1v) is 8.22. The van der Waals surface area contributed by atoms with Crippen LogP contribution in [0.3, 0.4) is 0 Å². The molecular weight excluding hydrogens is 290 g/mol. The van der Waals surface area contributed by atoms with E-state index in [4.69, 9.17) is 16.3 Å². The van der Waals surface area contributed by atoms with Gasteiger partial charge in [0.25, 0.3) is 0 Å². The molecule has 4 heteroatoms. The van der Waals surface area contributed by atoms with E-state index in [1.807, 2.05) is 12.1 Å². The van der Waals surface area contributed by atoms with Crippen molar-refractivity contribution >= 4 is 24.2 Å². The molecule has 2 rings (SSSR count). The quantitative estimate of drug-likeness (QED) is 0.823. The first-order chi connectivity index (χ1) is 9.56. The monoisotopic (exact) mass is 313 g/mol. The number of hydrogen-bond acceptors (Lipinski definition) is 3. The van der Waals surface area contributed by atoms with Crippen molar-refractivity contribution < 1.29 is 4.74 Å². The van der Waals surface area contributed by atoms with Gasteiger partial charge in [0.2, 0.25) is 0 Å². The summed E-state index contributed by atoms with van der Waals surface area (Å²) < 4.78 is 5.50. The van der Waals surface area contributed by atoms with Crippen LogP contribution in [-0.2, 0) is 4.74 Å². The van der Waals surface area contributed by atoms with E-state index in [9.17, 15) is 0 Å². The van der Waals surface area contributed by atoms with Gasteiger partial charge >= 0.3 is 0 Å². The van der Waals surface area contributed by atoms with Gasteiger partial charge in [0.05, 0.1) is 0 Å². The van der Waals surface area contributed by atoms with Gasteiger partial charge in [-0.3, -0.25) is 4.90 Å². The third-order valence-electron chi connectivity index (χ3n) is 4.47. The summed E-state index contributed by atoms with van der Waals surface area (Å²) in [6, 6.07) is 8.49. The fourth-order valence-electron chi connectivity index (χ4n) is 2.86. The second kappa shape index (κ2) is 7.17. The van der Waals surface area contributed by atoms with Crippen LogP contribution in [0.4, 0.5) is 0 Å². The van der Waals surface area contributed by atoms with Gasteiger partial charge in [-0.05, 0) is 55.7 Å². The van der Waals surface area contributed by atoms with Crippen LogP contribution in [0.5, 0.6) is 0 Å². The van der Waals surface area contributed by atoms with E-state index in [2.05, 4.69) is 43.6 Å². The number of rotatable bonds is 5. The van der Waals surface area contributed by atoms with Crippen molar-refractivity contribution in [3.63, 3.8) is 0 Å². The maximum atomic E-state index is 6.09. The molecule has 1 aromatic rings. The van der Waals surface area contributed by atoms with Gasteiger partial charge in [0.1, 0.15) is 0 Å². The molecule has 1 heterocycles. The molecule has 2 nitrogen and oxygen atoms in total. The SMILES string of the molecule is CC(c1cccc(Cl)c1)N(C)CC1(CS)CCOCC1. The highest BCUT2D eigenvalue weighted by Gasteiger charge is 2.33. The fourth-order valence-corrected chi connectivity index (χ4v) is 3.47. The normalized spacial score (nSPS) is 20.1. The molecule has 1 aliphatic heterocycles. The van der Waals surface area contributed by atoms with Crippen LogP contribution in [0, 0.1) is 5.41 Å². The van der Waals surface area contributed by atoms with E-state index >= 15 is 0 Å². The molecule has 0 amide bonds. The van der Waals surface area contributed by atoms with E-state index in [0.717, 1.165) is 43.4 Å². The lowest BCUT2D eigenvalue weighted by Gasteiger charge is -2.40. The largest absolute Gasteiger partial charge is 0.381 e. The molecular formula is C16H24ClNOS. The molecule has 0 spiro atoms. The fraction of sp³-hybridized carbons (Fsp3) is 0.625. The third kappa shape index (κ3) is 3.91. The van der Waals surface area contributed by atoms with E-state index in [1.165, 1.54) is 5.56 Å². The zero-order valence-corrected chi connectivity index (χ0v) is 14.0. The Morgan fingerprint density at radius 3 is 2.70 bits per heavy atom. The van der Waals surface area contributed by atoms with Crippen molar-refractivity contribution in [2.45, 2.75) is 25.8 Å². The molecule has 1 saturated heterocycles. The van der Waals surface area contributed by atoms with Gasteiger partial charge in [-0.25, -0.2) is 0 Å². The van der Waals surface area contributed by atoms with Crippen LogP contribution in [-0.4, -0.2) is 37.5 Å². The Kier molecular flexibility index (Phi) is 5.79. The summed E-state index contributed by atoms with van der Waals surface area (Å²) in [4.78, 5) is 2.41. The summed E-state index contributed by atoms with van der Waals surface area (Å²) in [6.45, 7) is 5.00. The Labute approximate surface area is 132 Å². The standard InChI is InChI=1S/C16H24ClNOS/c1-13(14-4-3-5-15(17)10-14)18(2)11-16(12-20)6-8-19-9-7-16/h3-5,10,13,20H,6-9,11-12H2,1-2H3. The van der Waals surface area contributed by atoms with Gasteiger partial charge in [-0.1, -0.05) is 23.7 Å². The van der Waals surface area contributed by atoms with E-state index in [0.29, 0.717) is 6.04 Å². The predicted molar refractivity (Wildman–Crippen MR) is 88.8 cm³/mol. The highest BCUT2D eigenvalue weighted by atomic mass is 35.5. The summed E-state index contributed by atoms with van der Waals surface area (Å²) in [6.07, 6.45) is 2.20. The summed E-state index contributed by atoms with van der Waals surface area (Å²) in [7, 11) is 2.19. The average molecular weight is 314 g/mol. The summed E-state index contributed by atoms with van der Waals surface area (Å²) in [5, 5.41) is 0.803. The molecule has 1 aliphatic rings. The van der Waals surface area contributed by atoms with Crippen LogP contribution in [0.25, 0.3) is 0 Å². The molecule has 1 atom stereocenters. The molecule has 112 valence electrons. The Bertz CT molecular complexity index is 434. The van der Waals surface area contributed by atoms with Crippen molar-refractivity contribution in [2.75, 3.05) is 32.6 Å². The minimum Gasteiger partial charge on any atom is -0.381 e. The van der Waals surface area contributed by atoms with E-state index in [1.54, 1.807) is 0 Å². The minimum atomic E-state index is 0.281. The Morgan fingerprint density at radius 2 is 2.10 bits per heavy atom. The van der Waals surface area contributed by atoms with Crippen LogP contribution < -0.4 is 0 Å². The Balaban J connectivity index is 2.04. The van der Waals surface area contributed by atoms with Crippen molar-refractivity contribution in [3.8, 4) is 0 Å². The number of benzene rings is 1. The lowest BCUT2D eigenvalue weighted by Crippen LogP contribution is -2.42. The zero-order chi connectivity index (χ0) is 14.6. The zero-order valence-electron chi connectivity index (χ0n) is 12.3. The second-order valence-corrected chi connectivity index (χ2v) is 6.67. The van der Waals surface area contributed by atoms with Crippen molar-refractivity contribution in [2.24, 2.45) is 5.41 Å². The average Bonchev–Trinajstić information content (AvgIpc) is 2.47. The molecule has 0 aromatic heterocycles. The molecule has 1 unspecified atom stereocenters. The number of nitrogens with zero attached hydrogens (tertiary/aromatic N) is 1. The van der Waals surface area contributed by atoms with Crippen LogP contribution in [0.15, 0.2) is 24.3 Å². The molecule has 0 bridgehead atoms. The smallest absolute Gasteiger partial charge is 0.0472 e. The first-order valence-electron chi connectivity index (χ1n) is 7.21. The maximum Gasteiger partial charge on any atom is 0.0472 e. The predicted octanol–water partition coefficient (Wildman–Crippen LogP) is 4.06. The van der Waals surface area contributed by atoms with Crippen molar-refractivity contribution in [1.29, 1.82) is 0 Å². The minimum absolute atomic E-state index is 0.281. The summed E-state index contributed by atoms with van der Waals surface area (Å²) >= 11 is 10.7. The number of ether oxygens (including phenoxy) is 1. The molecule has 0 N–H and O–H groups in total. The Morgan fingerprint density at radius 1 is 1.40 bits per heavy atom. The van der Waals surface area contributed by atoms with Crippen molar-refractivity contribution in [3.05, 3.63) is 34.9 Å². The number of thiol groups is 1. The van der Waals surface area contributed by atoms with Gasteiger partial charge in [-0.2, -0.15) is 12.6 Å². The highest BCUT2D eigenvalue weighted by Crippen LogP contribution is 2.34. The molecule has 0 radical (unpaired) electrons. The van der Waals surface area contributed by atoms with Gasteiger partial charge < -0.3 is 4.74 Å². The Hall–Kier alpha value is -0.220. The third-order valence-corrected chi connectivity index (χ3v) is 5.37. The van der Waals surface area contributed by atoms with Crippen molar-refractivity contribution in [1.82, 2.24) is 4.90 Å². The van der Waals surface area contributed by atoms with Crippen LogP contribution in [0.1, 0.15) is 31.4 Å². The second-order valence-electron chi connectivity index (χ2n) is 5.92. The topological polar surface area (TPSA) is 12.5 Å². The van der Waals surface area contributed by atoms with Crippen LogP contribution >= 0.6 is 24.2 Å². The van der Waals surface area contributed by atoms with Crippen LogP contribution in [0.2, 0.25) is 5.02 Å². The maximum absolute atomic E-state index is 6.09. The van der Waals surface area contributed by atoms with E-state index in [-0.39, 0.29) is 5.41 Å².